The number of aliphatic hydroxyl groups is 1. The Morgan fingerprint density at radius 2 is 1.86 bits per heavy atom. The smallest absolute Gasteiger partial charge is 0.315 e. The molecule has 1 saturated heterocycles. The van der Waals surface area contributed by atoms with Crippen molar-refractivity contribution in [2.24, 2.45) is 11.3 Å². The van der Waals surface area contributed by atoms with E-state index < -0.39 is 0 Å². The van der Waals surface area contributed by atoms with Crippen LogP contribution in [0.1, 0.15) is 51.5 Å². The van der Waals surface area contributed by atoms with Crippen LogP contribution in [0.4, 0.5) is 4.79 Å². The van der Waals surface area contributed by atoms with Gasteiger partial charge < -0.3 is 20.6 Å². The molecule has 1 aromatic carbocycles. The molecule has 1 aromatic rings. The number of likely N-dealkylation sites (tertiary alicyclic amines) is 1. The van der Waals surface area contributed by atoms with Gasteiger partial charge >= 0.3 is 6.03 Å². The molecule has 3 rings (SSSR count). The van der Waals surface area contributed by atoms with Crippen LogP contribution in [-0.4, -0.2) is 47.2 Å². The molecule has 1 aliphatic heterocycles. The quantitative estimate of drug-likeness (QED) is 0.743. The van der Waals surface area contributed by atoms with E-state index in [0.29, 0.717) is 26.1 Å². The highest BCUT2D eigenvalue weighted by Crippen LogP contribution is 2.32. The van der Waals surface area contributed by atoms with E-state index in [1.165, 1.54) is 0 Å². The van der Waals surface area contributed by atoms with Gasteiger partial charge in [-0.2, -0.15) is 0 Å². The first-order valence-electron chi connectivity index (χ1n) is 10.4. The lowest BCUT2D eigenvalue weighted by Crippen LogP contribution is -2.56. The van der Waals surface area contributed by atoms with Crippen molar-refractivity contribution < 1.29 is 14.7 Å². The lowest BCUT2D eigenvalue weighted by Gasteiger charge is -2.44. The van der Waals surface area contributed by atoms with Crippen molar-refractivity contribution in [2.45, 2.75) is 64.6 Å². The Hall–Kier alpha value is -2.08. The zero-order valence-corrected chi connectivity index (χ0v) is 17.0. The van der Waals surface area contributed by atoms with Crippen LogP contribution in [0.5, 0.6) is 0 Å². The van der Waals surface area contributed by atoms with Gasteiger partial charge in [0.2, 0.25) is 5.91 Å². The monoisotopic (exact) mass is 387 g/mol. The molecule has 1 aliphatic carbocycles. The molecule has 3 N–H and O–H groups in total. The lowest BCUT2D eigenvalue weighted by molar-refractivity contribution is -0.144. The van der Waals surface area contributed by atoms with Gasteiger partial charge in [-0.1, -0.05) is 57.0 Å². The van der Waals surface area contributed by atoms with Crippen LogP contribution < -0.4 is 10.6 Å². The molecule has 2 fully saturated rings. The Bertz CT molecular complexity index is 677. The van der Waals surface area contributed by atoms with Crippen LogP contribution in [0.15, 0.2) is 30.3 Å². The van der Waals surface area contributed by atoms with Gasteiger partial charge in [-0.25, -0.2) is 4.79 Å². The third-order valence-electron chi connectivity index (χ3n) is 6.18. The Balaban J connectivity index is 1.57. The van der Waals surface area contributed by atoms with Crippen molar-refractivity contribution in [2.75, 3.05) is 13.1 Å². The standard InChI is InChI=1S/C22H33N3O3/c1-22(2)15-25(13-12-19(22)26)20(27)17-10-6-7-11-18(17)24-21(28)23-14-16-8-4-3-5-9-16/h3-5,8-9,17-19,26H,6-7,10-15H2,1-2H3,(H2,23,24,28)/t17-,18+,19+/m0/s1. The summed E-state index contributed by atoms with van der Waals surface area (Å²) in [6, 6.07) is 9.43. The predicted molar refractivity (Wildman–Crippen MR) is 109 cm³/mol. The summed E-state index contributed by atoms with van der Waals surface area (Å²) in [6.07, 6.45) is 3.91. The van der Waals surface area contributed by atoms with Crippen LogP contribution in [-0.2, 0) is 11.3 Å². The molecule has 0 unspecified atom stereocenters. The topological polar surface area (TPSA) is 81.7 Å². The molecule has 0 spiro atoms. The molecule has 3 atom stereocenters. The molecule has 154 valence electrons. The van der Waals surface area contributed by atoms with Crippen LogP contribution in [0.25, 0.3) is 0 Å². The molecule has 6 heteroatoms. The summed E-state index contributed by atoms with van der Waals surface area (Å²) in [4.78, 5) is 27.5. The first kappa shape index (κ1) is 20.6. The number of carbonyl (C=O) groups is 2. The molecule has 1 saturated carbocycles. The predicted octanol–water partition coefficient (Wildman–Crippen LogP) is 2.66. The van der Waals surface area contributed by atoms with Gasteiger partial charge in [-0.05, 0) is 24.8 Å². The van der Waals surface area contributed by atoms with Crippen LogP contribution in [0.3, 0.4) is 0 Å². The number of nitrogens with one attached hydrogen (secondary N) is 2. The third kappa shape index (κ3) is 5.04. The van der Waals surface area contributed by atoms with E-state index in [4.69, 9.17) is 0 Å². The minimum atomic E-state index is -0.374. The van der Waals surface area contributed by atoms with Crippen molar-refractivity contribution in [1.82, 2.24) is 15.5 Å². The van der Waals surface area contributed by atoms with Crippen molar-refractivity contribution >= 4 is 11.9 Å². The van der Waals surface area contributed by atoms with E-state index in [0.717, 1.165) is 31.2 Å². The fourth-order valence-corrected chi connectivity index (χ4v) is 4.36. The van der Waals surface area contributed by atoms with E-state index in [1.807, 2.05) is 49.1 Å². The second-order valence-electron chi connectivity index (χ2n) is 8.86. The van der Waals surface area contributed by atoms with Gasteiger partial charge in [-0.3, -0.25) is 4.79 Å². The number of hydrogen-bond donors (Lipinski definition) is 3. The number of piperidine rings is 1. The van der Waals surface area contributed by atoms with E-state index in [-0.39, 0.29) is 35.4 Å². The summed E-state index contributed by atoms with van der Waals surface area (Å²) in [7, 11) is 0. The van der Waals surface area contributed by atoms with E-state index in [2.05, 4.69) is 10.6 Å². The van der Waals surface area contributed by atoms with E-state index >= 15 is 0 Å². The fraction of sp³-hybridized carbons (Fsp3) is 0.636. The van der Waals surface area contributed by atoms with Crippen LogP contribution in [0.2, 0.25) is 0 Å². The largest absolute Gasteiger partial charge is 0.392 e. The first-order chi connectivity index (χ1) is 13.4. The zero-order chi connectivity index (χ0) is 20.1. The molecule has 0 radical (unpaired) electrons. The van der Waals surface area contributed by atoms with E-state index in [1.54, 1.807) is 0 Å². The van der Waals surface area contributed by atoms with Crippen molar-refractivity contribution in [3.05, 3.63) is 35.9 Å². The average molecular weight is 388 g/mol. The molecule has 0 aromatic heterocycles. The van der Waals surface area contributed by atoms with Gasteiger partial charge in [0, 0.05) is 31.1 Å². The molecule has 0 bridgehead atoms. The number of rotatable bonds is 4. The van der Waals surface area contributed by atoms with Crippen LogP contribution >= 0.6 is 0 Å². The highest BCUT2D eigenvalue weighted by molar-refractivity contribution is 5.81. The summed E-state index contributed by atoms with van der Waals surface area (Å²) < 4.78 is 0. The highest BCUT2D eigenvalue weighted by atomic mass is 16.3. The molecule has 28 heavy (non-hydrogen) atoms. The second-order valence-corrected chi connectivity index (χ2v) is 8.86. The van der Waals surface area contributed by atoms with Crippen molar-refractivity contribution in [1.29, 1.82) is 0 Å². The average Bonchev–Trinajstić information content (AvgIpc) is 2.69. The molecule has 2 aliphatic rings. The molecule has 3 amide bonds. The Labute approximate surface area is 167 Å². The maximum atomic E-state index is 13.2. The van der Waals surface area contributed by atoms with Gasteiger partial charge in [0.1, 0.15) is 0 Å². The minimum absolute atomic E-state index is 0.119. The van der Waals surface area contributed by atoms with Crippen molar-refractivity contribution in [3.63, 3.8) is 0 Å². The summed E-state index contributed by atoms with van der Waals surface area (Å²) in [5.74, 6) is -0.0599. The lowest BCUT2D eigenvalue weighted by atomic mass is 9.79. The SMILES string of the molecule is CC1(C)CN(C(=O)[C@H]2CCCC[C@H]2NC(=O)NCc2ccccc2)CC[C@H]1O. The number of aliphatic hydroxyl groups excluding tert-OH is 1. The fourth-order valence-electron chi connectivity index (χ4n) is 4.36. The van der Waals surface area contributed by atoms with Gasteiger partial charge in [0.15, 0.2) is 0 Å². The number of nitrogens with zero attached hydrogens (tertiary/aromatic N) is 1. The van der Waals surface area contributed by atoms with Gasteiger partial charge in [0.05, 0.1) is 12.0 Å². The first-order valence-corrected chi connectivity index (χ1v) is 10.4. The number of amides is 3. The third-order valence-corrected chi connectivity index (χ3v) is 6.18. The maximum absolute atomic E-state index is 13.2. The highest BCUT2D eigenvalue weighted by Gasteiger charge is 2.40. The molecular weight excluding hydrogens is 354 g/mol. The second kappa shape index (κ2) is 8.95. The number of urea groups is 1. The summed E-state index contributed by atoms with van der Waals surface area (Å²) in [5, 5.41) is 16.1. The Kier molecular flexibility index (Phi) is 6.60. The Morgan fingerprint density at radius 1 is 1.14 bits per heavy atom. The Morgan fingerprint density at radius 3 is 2.57 bits per heavy atom. The summed E-state index contributed by atoms with van der Waals surface area (Å²) in [6.45, 7) is 5.63. The molecular formula is C22H33N3O3. The van der Waals surface area contributed by atoms with Gasteiger partial charge in [0.25, 0.3) is 0 Å². The molecule has 1 heterocycles. The number of benzene rings is 1. The minimum Gasteiger partial charge on any atom is -0.392 e. The molecule has 6 nitrogen and oxygen atoms in total. The summed E-state index contributed by atoms with van der Waals surface area (Å²) >= 11 is 0. The van der Waals surface area contributed by atoms with E-state index in [9.17, 15) is 14.7 Å². The summed E-state index contributed by atoms with van der Waals surface area (Å²) in [5.41, 5.74) is 0.751. The zero-order valence-electron chi connectivity index (χ0n) is 17.0. The maximum Gasteiger partial charge on any atom is 0.315 e. The number of hydrogen-bond acceptors (Lipinski definition) is 3. The normalized spacial score (nSPS) is 27.1. The van der Waals surface area contributed by atoms with Crippen LogP contribution in [0, 0.1) is 11.3 Å². The van der Waals surface area contributed by atoms with Crippen molar-refractivity contribution in [3.8, 4) is 0 Å². The number of carbonyl (C=O) groups excluding carboxylic acids is 2. The van der Waals surface area contributed by atoms with Gasteiger partial charge in [-0.15, -0.1) is 0 Å².